The first kappa shape index (κ1) is 16.9. The number of carbonyl (C=O) groups is 2. The maximum Gasteiger partial charge on any atom is 0.303 e. The number of nitrogens with one attached hydrogen (secondary N) is 1. The molecule has 1 amide bonds. The lowest BCUT2D eigenvalue weighted by atomic mass is 10.1. The van der Waals surface area contributed by atoms with Gasteiger partial charge in [0.25, 0.3) is 5.56 Å². The third-order valence-corrected chi connectivity index (χ3v) is 3.23. The molecule has 0 bridgehead atoms. The van der Waals surface area contributed by atoms with E-state index in [-0.39, 0.29) is 17.9 Å². The number of carboxylic acid groups (broad SMARTS) is 1. The molecule has 1 aromatic rings. The van der Waals surface area contributed by atoms with E-state index in [1.54, 1.807) is 25.3 Å². The van der Waals surface area contributed by atoms with E-state index in [1.165, 1.54) is 4.57 Å². The average Bonchev–Trinajstić information content (AvgIpc) is 2.44. The number of hydrogen-bond acceptors (Lipinski definition) is 3. The van der Waals surface area contributed by atoms with E-state index >= 15 is 0 Å². The van der Waals surface area contributed by atoms with Crippen LogP contribution in [0.2, 0.25) is 0 Å². The molecule has 0 saturated heterocycles. The van der Waals surface area contributed by atoms with Gasteiger partial charge in [-0.2, -0.15) is 0 Å². The summed E-state index contributed by atoms with van der Waals surface area (Å²) in [7, 11) is 0. The van der Waals surface area contributed by atoms with Crippen LogP contribution in [0.5, 0.6) is 0 Å². The molecule has 0 spiro atoms. The standard InChI is InChI=1S/C15H22N2O4/c1-3-6-12(14(20)16-9-4-8-13(18)19)17-10-5-7-11(2)15(17)21/h5,7,10,12H,3-4,6,8-9H2,1-2H3,(H,16,20)(H,18,19). The second-order valence-corrected chi connectivity index (χ2v) is 5.00. The summed E-state index contributed by atoms with van der Waals surface area (Å²) in [5.74, 6) is -1.13. The Balaban J connectivity index is 2.76. The van der Waals surface area contributed by atoms with E-state index in [1.807, 2.05) is 6.92 Å². The van der Waals surface area contributed by atoms with Crippen LogP contribution in [-0.4, -0.2) is 28.1 Å². The van der Waals surface area contributed by atoms with Gasteiger partial charge in [-0.1, -0.05) is 19.4 Å². The molecule has 0 aliphatic carbocycles. The highest BCUT2D eigenvalue weighted by Gasteiger charge is 2.20. The number of amides is 1. The van der Waals surface area contributed by atoms with Crippen molar-refractivity contribution in [1.29, 1.82) is 0 Å². The highest BCUT2D eigenvalue weighted by molar-refractivity contribution is 5.80. The molecule has 6 heteroatoms. The van der Waals surface area contributed by atoms with Crippen molar-refractivity contribution in [2.45, 2.75) is 45.6 Å². The van der Waals surface area contributed by atoms with E-state index in [9.17, 15) is 14.4 Å². The Morgan fingerprint density at radius 1 is 1.43 bits per heavy atom. The molecule has 2 N–H and O–H groups in total. The van der Waals surface area contributed by atoms with E-state index in [0.717, 1.165) is 6.42 Å². The van der Waals surface area contributed by atoms with E-state index in [4.69, 9.17) is 5.11 Å². The maximum absolute atomic E-state index is 12.2. The van der Waals surface area contributed by atoms with Gasteiger partial charge in [0.2, 0.25) is 5.91 Å². The van der Waals surface area contributed by atoms with Crippen molar-refractivity contribution in [2.24, 2.45) is 0 Å². The fraction of sp³-hybridized carbons (Fsp3) is 0.533. The molecule has 1 rings (SSSR count). The molecule has 0 aliphatic rings. The average molecular weight is 294 g/mol. The molecule has 0 aromatic carbocycles. The number of nitrogens with zero attached hydrogens (tertiary/aromatic N) is 1. The highest BCUT2D eigenvalue weighted by atomic mass is 16.4. The number of aliphatic carboxylic acids is 1. The molecule has 1 unspecified atom stereocenters. The van der Waals surface area contributed by atoms with Gasteiger partial charge in [0.05, 0.1) is 0 Å². The van der Waals surface area contributed by atoms with Crippen LogP contribution < -0.4 is 10.9 Å². The smallest absolute Gasteiger partial charge is 0.303 e. The molecule has 0 radical (unpaired) electrons. The van der Waals surface area contributed by atoms with Crippen LogP contribution in [0.1, 0.15) is 44.2 Å². The molecule has 0 fully saturated rings. The summed E-state index contributed by atoms with van der Waals surface area (Å²) in [5, 5.41) is 11.3. The van der Waals surface area contributed by atoms with Gasteiger partial charge in [-0.15, -0.1) is 0 Å². The van der Waals surface area contributed by atoms with Crippen molar-refractivity contribution in [1.82, 2.24) is 9.88 Å². The van der Waals surface area contributed by atoms with E-state index in [2.05, 4.69) is 5.32 Å². The topological polar surface area (TPSA) is 88.4 Å². The minimum absolute atomic E-state index is 0.0170. The number of hydrogen-bond donors (Lipinski definition) is 2. The van der Waals surface area contributed by atoms with Crippen molar-refractivity contribution in [3.8, 4) is 0 Å². The first-order valence-corrected chi connectivity index (χ1v) is 7.14. The van der Waals surface area contributed by atoms with Crippen molar-refractivity contribution >= 4 is 11.9 Å². The molecule has 21 heavy (non-hydrogen) atoms. The molecular formula is C15H22N2O4. The van der Waals surface area contributed by atoms with Crippen LogP contribution in [0.15, 0.2) is 23.1 Å². The van der Waals surface area contributed by atoms with Crippen LogP contribution >= 0.6 is 0 Å². The molecule has 6 nitrogen and oxygen atoms in total. The zero-order valence-corrected chi connectivity index (χ0v) is 12.5. The fourth-order valence-corrected chi connectivity index (χ4v) is 2.11. The number of aryl methyl sites for hydroxylation is 1. The van der Waals surface area contributed by atoms with Crippen LogP contribution in [0.25, 0.3) is 0 Å². The molecule has 1 atom stereocenters. The van der Waals surface area contributed by atoms with Crippen molar-refractivity contribution < 1.29 is 14.7 Å². The van der Waals surface area contributed by atoms with Gasteiger partial charge in [0.15, 0.2) is 0 Å². The molecule has 0 saturated carbocycles. The summed E-state index contributed by atoms with van der Waals surface area (Å²) < 4.78 is 1.45. The lowest BCUT2D eigenvalue weighted by Gasteiger charge is -2.19. The van der Waals surface area contributed by atoms with E-state index < -0.39 is 12.0 Å². The Morgan fingerprint density at radius 3 is 2.76 bits per heavy atom. The lowest BCUT2D eigenvalue weighted by molar-refractivity contribution is -0.137. The predicted octanol–water partition coefficient (Wildman–Crippen LogP) is 1.48. The zero-order chi connectivity index (χ0) is 15.8. The van der Waals surface area contributed by atoms with Gasteiger partial charge in [-0.25, -0.2) is 0 Å². The molecule has 1 heterocycles. The Hall–Kier alpha value is -2.11. The fourth-order valence-electron chi connectivity index (χ4n) is 2.11. The molecule has 0 aliphatic heterocycles. The quantitative estimate of drug-likeness (QED) is 0.711. The Labute approximate surface area is 123 Å². The third kappa shape index (κ3) is 5.06. The minimum Gasteiger partial charge on any atom is -0.481 e. The van der Waals surface area contributed by atoms with Gasteiger partial charge in [-0.05, 0) is 25.8 Å². The molecule has 116 valence electrons. The van der Waals surface area contributed by atoms with Gasteiger partial charge >= 0.3 is 5.97 Å². The minimum atomic E-state index is -0.885. The normalized spacial score (nSPS) is 11.9. The van der Waals surface area contributed by atoms with Crippen LogP contribution in [0, 0.1) is 6.92 Å². The summed E-state index contributed by atoms with van der Waals surface area (Å²) in [4.78, 5) is 34.8. The SMILES string of the molecule is CCCC(C(=O)NCCCC(=O)O)n1cccc(C)c1=O. The van der Waals surface area contributed by atoms with Gasteiger partial charge in [-0.3, -0.25) is 14.4 Å². The summed E-state index contributed by atoms with van der Waals surface area (Å²) in [6.07, 6.45) is 3.35. The van der Waals surface area contributed by atoms with Crippen molar-refractivity contribution in [2.75, 3.05) is 6.54 Å². The summed E-state index contributed by atoms with van der Waals surface area (Å²) in [6.45, 7) is 3.96. The Morgan fingerprint density at radius 2 is 2.14 bits per heavy atom. The van der Waals surface area contributed by atoms with Crippen molar-refractivity contribution in [3.63, 3.8) is 0 Å². The van der Waals surface area contributed by atoms with Crippen LogP contribution in [-0.2, 0) is 9.59 Å². The highest BCUT2D eigenvalue weighted by Crippen LogP contribution is 2.12. The number of carboxylic acids is 1. The van der Waals surface area contributed by atoms with Crippen molar-refractivity contribution in [3.05, 3.63) is 34.2 Å². The molecule has 1 aromatic heterocycles. The maximum atomic E-state index is 12.2. The Bertz CT molecular complexity index is 551. The predicted molar refractivity (Wildman–Crippen MR) is 79.3 cm³/mol. The van der Waals surface area contributed by atoms with Gasteiger partial charge in [0, 0.05) is 24.7 Å². The van der Waals surface area contributed by atoms with Gasteiger partial charge in [0.1, 0.15) is 6.04 Å². The number of aromatic nitrogens is 1. The van der Waals surface area contributed by atoms with Crippen LogP contribution in [0.4, 0.5) is 0 Å². The summed E-state index contributed by atoms with van der Waals surface area (Å²) in [5.41, 5.74) is 0.425. The lowest BCUT2D eigenvalue weighted by Crippen LogP contribution is -2.38. The Kier molecular flexibility index (Phi) is 6.65. The number of carbonyl (C=O) groups excluding carboxylic acids is 1. The van der Waals surface area contributed by atoms with E-state index in [0.29, 0.717) is 24.9 Å². The molecular weight excluding hydrogens is 272 g/mol. The van der Waals surface area contributed by atoms with Gasteiger partial charge < -0.3 is 15.0 Å². The second-order valence-electron chi connectivity index (χ2n) is 5.00. The number of rotatable bonds is 8. The zero-order valence-electron chi connectivity index (χ0n) is 12.5. The summed E-state index contributed by atoms with van der Waals surface area (Å²) >= 11 is 0. The summed E-state index contributed by atoms with van der Waals surface area (Å²) in [6, 6.07) is 2.91. The number of pyridine rings is 1. The second kappa shape index (κ2) is 8.24. The monoisotopic (exact) mass is 294 g/mol. The van der Waals surface area contributed by atoms with Crippen LogP contribution in [0.3, 0.4) is 0 Å². The largest absolute Gasteiger partial charge is 0.481 e. The first-order valence-electron chi connectivity index (χ1n) is 7.14. The first-order chi connectivity index (χ1) is 9.97. The third-order valence-electron chi connectivity index (χ3n) is 3.23.